The van der Waals surface area contributed by atoms with Gasteiger partial charge >= 0.3 is 0 Å². The fraction of sp³-hybridized carbons (Fsp3) is 0.139. The second-order valence-electron chi connectivity index (χ2n) is 10.2. The lowest BCUT2D eigenvalue weighted by Gasteiger charge is -2.36. The maximum Gasteiger partial charge on any atom is 0.175 e. The number of sulfone groups is 1. The Kier molecular flexibility index (Phi) is 8.91. The highest BCUT2D eigenvalue weighted by molar-refractivity contribution is 7.90. The smallest absolute Gasteiger partial charge is 0.175 e. The summed E-state index contributed by atoms with van der Waals surface area (Å²) in [5, 5.41) is 9.65. The minimum atomic E-state index is -3.32. The fourth-order valence-electron chi connectivity index (χ4n) is 4.93. The second-order valence-corrected chi connectivity index (χ2v) is 12.2. The van der Waals surface area contributed by atoms with E-state index >= 15 is 0 Å². The summed E-state index contributed by atoms with van der Waals surface area (Å²) in [6, 6.07) is 43.5. The van der Waals surface area contributed by atoms with Crippen molar-refractivity contribution in [2.45, 2.75) is 23.5 Å². The van der Waals surface area contributed by atoms with Crippen LogP contribution in [-0.2, 0) is 20.2 Å². The highest BCUT2D eigenvalue weighted by Gasteiger charge is 2.38. The lowest BCUT2D eigenvalue weighted by molar-refractivity contribution is -0.0257. The van der Waals surface area contributed by atoms with Crippen molar-refractivity contribution in [3.8, 4) is 23.3 Å². The van der Waals surface area contributed by atoms with Gasteiger partial charge in [0.1, 0.15) is 29.0 Å². The maximum atomic E-state index is 11.8. The predicted molar refractivity (Wildman–Crippen MR) is 166 cm³/mol. The molecular formula is C36H31NO5S. The Labute approximate surface area is 252 Å². The zero-order chi connectivity index (χ0) is 30.3. The van der Waals surface area contributed by atoms with Crippen molar-refractivity contribution >= 4 is 9.84 Å². The van der Waals surface area contributed by atoms with E-state index in [1.165, 1.54) is 12.1 Å². The molecule has 0 aliphatic heterocycles. The van der Waals surface area contributed by atoms with Gasteiger partial charge in [0.05, 0.1) is 23.1 Å². The van der Waals surface area contributed by atoms with E-state index < -0.39 is 21.5 Å². The minimum absolute atomic E-state index is 0.195. The van der Waals surface area contributed by atoms with Gasteiger partial charge in [-0.05, 0) is 60.0 Å². The third-order valence-electron chi connectivity index (χ3n) is 6.91. The molecule has 5 aromatic rings. The van der Waals surface area contributed by atoms with Crippen molar-refractivity contribution in [1.82, 2.24) is 0 Å². The van der Waals surface area contributed by atoms with E-state index in [1.54, 1.807) is 30.3 Å². The molecule has 0 N–H and O–H groups in total. The van der Waals surface area contributed by atoms with Gasteiger partial charge in [0.15, 0.2) is 9.84 Å². The minimum Gasteiger partial charge on any atom is -0.488 e. The molecule has 43 heavy (non-hydrogen) atoms. The van der Waals surface area contributed by atoms with Crippen molar-refractivity contribution in [3.63, 3.8) is 0 Å². The van der Waals surface area contributed by atoms with Crippen LogP contribution in [0.3, 0.4) is 0 Å². The molecule has 0 fully saturated rings. The molecule has 0 aliphatic rings. The van der Waals surface area contributed by atoms with Gasteiger partial charge in [0.2, 0.25) is 0 Å². The van der Waals surface area contributed by atoms with Crippen LogP contribution >= 0.6 is 0 Å². The summed E-state index contributed by atoms with van der Waals surface area (Å²) in [5.74, 6) is 1.27. The number of hydrogen-bond donors (Lipinski definition) is 0. The Morgan fingerprint density at radius 1 is 0.698 bits per heavy atom. The number of nitriles is 1. The standard InChI is InChI=1S/C36H31NO5S/c1-27(41-33-22-28(25-37)23-34(24-33)42-32-18-20-35(21-19-32)43(2,38)39)26-40-36(29-12-6-3-7-13-29,30-14-8-4-9-15-30)31-16-10-5-11-17-31/h3-24,27H,26H2,1-2H3/t27-/m0/s1. The predicted octanol–water partition coefficient (Wildman–Crippen LogP) is 7.53. The number of nitrogens with zero attached hydrogens (tertiary/aromatic N) is 1. The van der Waals surface area contributed by atoms with E-state index in [0.29, 0.717) is 22.8 Å². The third-order valence-corrected chi connectivity index (χ3v) is 8.04. The largest absolute Gasteiger partial charge is 0.488 e. The molecule has 5 aromatic carbocycles. The Bertz CT molecular complexity index is 1700. The number of hydrogen-bond acceptors (Lipinski definition) is 6. The van der Waals surface area contributed by atoms with E-state index in [9.17, 15) is 13.7 Å². The normalized spacial score (nSPS) is 12.2. The number of rotatable bonds is 11. The van der Waals surface area contributed by atoms with Gasteiger partial charge in [-0.3, -0.25) is 0 Å². The zero-order valence-electron chi connectivity index (χ0n) is 23.9. The van der Waals surface area contributed by atoms with Gasteiger partial charge in [-0.15, -0.1) is 0 Å². The number of ether oxygens (including phenoxy) is 3. The van der Waals surface area contributed by atoms with Crippen molar-refractivity contribution in [3.05, 3.63) is 156 Å². The van der Waals surface area contributed by atoms with Gasteiger partial charge < -0.3 is 14.2 Å². The van der Waals surface area contributed by atoms with Crippen LogP contribution in [-0.4, -0.2) is 27.4 Å². The molecule has 0 radical (unpaired) electrons. The van der Waals surface area contributed by atoms with Crippen LogP contribution in [0, 0.1) is 11.3 Å². The SMILES string of the molecule is C[C@@H](COC(c1ccccc1)(c1ccccc1)c1ccccc1)Oc1cc(C#N)cc(Oc2ccc(S(C)(=O)=O)cc2)c1. The van der Waals surface area contributed by atoms with Crippen LogP contribution in [0.4, 0.5) is 0 Å². The first-order valence-corrected chi connectivity index (χ1v) is 15.7. The molecule has 0 aromatic heterocycles. The molecule has 216 valence electrons. The monoisotopic (exact) mass is 589 g/mol. The summed E-state index contributed by atoms with van der Waals surface area (Å²) in [5.41, 5.74) is 2.44. The van der Waals surface area contributed by atoms with Crippen LogP contribution < -0.4 is 9.47 Å². The number of benzene rings is 5. The first-order chi connectivity index (χ1) is 20.8. The van der Waals surface area contributed by atoms with Crippen LogP contribution in [0.15, 0.2) is 138 Å². The third kappa shape index (κ3) is 6.95. The van der Waals surface area contributed by atoms with Gasteiger partial charge in [0, 0.05) is 12.3 Å². The summed E-state index contributed by atoms with van der Waals surface area (Å²) in [6.45, 7) is 2.15. The van der Waals surface area contributed by atoms with Crippen LogP contribution in [0.1, 0.15) is 29.2 Å². The van der Waals surface area contributed by atoms with Crippen molar-refractivity contribution in [2.75, 3.05) is 12.9 Å². The summed E-state index contributed by atoms with van der Waals surface area (Å²) in [6.07, 6.45) is 0.753. The summed E-state index contributed by atoms with van der Waals surface area (Å²) < 4.78 is 42.7. The first kappa shape index (κ1) is 29.6. The molecule has 0 saturated heterocycles. The zero-order valence-corrected chi connectivity index (χ0v) is 24.7. The quantitative estimate of drug-likeness (QED) is 0.148. The molecule has 0 amide bonds. The van der Waals surface area contributed by atoms with E-state index in [2.05, 4.69) is 42.5 Å². The van der Waals surface area contributed by atoms with Gasteiger partial charge in [-0.25, -0.2) is 8.42 Å². The molecule has 5 rings (SSSR count). The molecule has 1 atom stereocenters. The van der Waals surface area contributed by atoms with Crippen LogP contribution in [0.25, 0.3) is 0 Å². The summed E-state index contributed by atoms with van der Waals surface area (Å²) in [7, 11) is -3.32. The lowest BCUT2D eigenvalue weighted by Crippen LogP contribution is -2.36. The van der Waals surface area contributed by atoms with Crippen molar-refractivity contribution in [2.24, 2.45) is 0 Å². The molecule has 0 aliphatic carbocycles. The van der Waals surface area contributed by atoms with Gasteiger partial charge in [-0.1, -0.05) is 91.0 Å². The van der Waals surface area contributed by atoms with E-state index in [0.717, 1.165) is 22.9 Å². The van der Waals surface area contributed by atoms with Gasteiger partial charge in [0.25, 0.3) is 0 Å². The molecule has 0 heterocycles. The second kappa shape index (κ2) is 13.0. The van der Waals surface area contributed by atoms with Crippen LogP contribution in [0.2, 0.25) is 0 Å². The molecule has 7 heteroatoms. The topological polar surface area (TPSA) is 85.6 Å². The molecular weight excluding hydrogens is 558 g/mol. The van der Waals surface area contributed by atoms with Crippen LogP contribution in [0.5, 0.6) is 17.2 Å². The lowest BCUT2D eigenvalue weighted by atomic mass is 9.80. The Hall–Kier alpha value is -4.90. The maximum absolute atomic E-state index is 11.8. The summed E-state index contributed by atoms with van der Waals surface area (Å²) >= 11 is 0. The molecule has 0 unspecified atom stereocenters. The Balaban J connectivity index is 1.40. The fourth-order valence-corrected chi connectivity index (χ4v) is 5.56. The average molecular weight is 590 g/mol. The van der Waals surface area contributed by atoms with E-state index in [1.807, 2.05) is 61.5 Å². The molecule has 0 bridgehead atoms. The average Bonchev–Trinajstić information content (AvgIpc) is 3.02. The Morgan fingerprint density at radius 2 is 1.19 bits per heavy atom. The molecule has 0 spiro atoms. The highest BCUT2D eigenvalue weighted by atomic mass is 32.2. The molecule has 6 nitrogen and oxygen atoms in total. The highest BCUT2D eigenvalue weighted by Crippen LogP contribution is 2.40. The van der Waals surface area contributed by atoms with Crippen molar-refractivity contribution in [1.29, 1.82) is 5.26 Å². The Morgan fingerprint density at radius 3 is 1.65 bits per heavy atom. The van der Waals surface area contributed by atoms with E-state index in [-0.39, 0.29) is 11.5 Å². The van der Waals surface area contributed by atoms with Gasteiger partial charge in [-0.2, -0.15) is 5.26 Å². The molecule has 0 saturated carbocycles. The van der Waals surface area contributed by atoms with Crippen molar-refractivity contribution < 1.29 is 22.6 Å². The first-order valence-electron chi connectivity index (χ1n) is 13.8. The van der Waals surface area contributed by atoms with E-state index in [4.69, 9.17) is 14.2 Å². The summed E-state index contributed by atoms with van der Waals surface area (Å²) in [4.78, 5) is 0.195.